The van der Waals surface area contributed by atoms with Crippen molar-refractivity contribution in [1.29, 1.82) is 0 Å². The first-order chi connectivity index (χ1) is 15.9. The summed E-state index contributed by atoms with van der Waals surface area (Å²) in [5, 5.41) is 6.34. The predicted molar refractivity (Wildman–Crippen MR) is 130 cm³/mol. The van der Waals surface area contributed by atoms with Gasteiger partial charge in [-0.3, -0.25) is 9.59 Å². The van der Waals surface area contributed by atoms with Crippen LogP contribution >= 0.6 is 15.9 Å². The molecular weight excluding hydrogens is 486 g/mol. The average molecular weight is 508 g/mol. The topological polar surface area (TPSA) is 96.9 Å². The normalized spacial score (nSPS) is 10.6. The zero-order valence-corrected chi connectivity index (χ0v) is 19.7. The maximum Gasteiger partial charge on any atom is 0.343 e. The molecule has 3 rings (SSSR count). The van der Waals surface area contributed by atoms with Gasteiger partial charge in [0.15, 0.2) is 0 Å². The van der Waals surface area contributed by atoms with Crippen molar-refractivity contribution in [3.05, 3.63) is 93.5 Å². The highest BCUT2D eigenvalue weighted by Crippen LogP contribution is 2.23. The summed E-state index contributed by atoms with van der Waals surface area (Å²) in [6.07, 6.45) is 2.17. The standard InChI is InChI=1S/C25H22BrN3O4/c1-3-17-7-10-21(11-8-17)28-23(30)24(31)29-27-15-19-14-20(26)9-12-22(19)33-25(32)18-6-4-5-16(2)13-18/h4-15H,3H2,1-2H3,(H,28,30)(H,29,31)/b27-15-. The van der Waals surface area contributed by atoms with E-state index in [0.29, 0.717) is 16.8 Å². The van der Waals surface area contributed by atoms with Crippen LogP contribution in [0.5, 0.6) is 5.75 Å². The summed E-state index contributed by atoms with van der Waals surface area (Å²) in [5.41, 5.74) is 5.58. The molecule has 0 aliphatic heterocycles. The first kappa shape index (κ1) is 23.9. The van der Waals surface area contributed by atoms with Gasteiger partial charge in [0.25, 0.3) is 0 Å². The number of halogens is 1. The monoisotopic (exact) mass is 507 g/mol. The van der Waals surface area contributed by atoms with Crippen LogP contribution in [0.3, 0.4) is 0 Å². The number of hydrogen-bond donors (Lipinski definition) is 2. The van der Waals surface area contributed by atoms with Crippen molar-refractivity contribution in [3.63, 3.8) is 0 Å². The molecule has 0 spiro atoms. The number of hydrazone groups is 1. The zero-order chi connectivity index (χ0) is 23.8. The van der Waals surface area contributed by atoms with Gasteiger partial charge >= 0.3 is 17.8 Å². The lowest BCUT2D eigenvalue weighted by atomic mass is 10.1. The van der Waals surface area contributed by atoms with Gasteiger partial charge in [0.2, 0.25) is 0 Å². The third kappa shape index (κ3) is 6.85. The smallest absolute Gasteiger partial charge is 0.343 e. The molecule has 3 aromatic carbocycles. The molecule has 2 N–H and O–H groups in total. The summed E-state index contributed by atoms with van der Waals surface area (Å²) in [4.78, 5) is 36.6. The minimum Gasteiger partial charge on any atom is -0.422 e. The number of rotatable bonds is 6. The van der Waals surface area contributed by atoms with E-state index in [2.05, 4.69) is 31.8 Å². The van der Waals surface area contributed by atoms with Gasteiger partial charge in [0.05, 0.1) is 11.8 Å². The highest BCUT2D eigenvalue weighted by atomic mass is 79.9. The molecule has 7 nitrogen and oxygen atoms in total. The number of hydrogen-bond acceptors (Lipinski definition) is 5. The Labute approximate surface area is 200 Å². The quantitative estimate of drug-likeness (QED) is 0.167. The van der Waals surface area contributed by atoms with Crippen molar-refractivity contribution in [2.75, 3.05) is 5.32 Å². The molecule has 33 heavy (non-hydrogen) atoms. The predicted octanol–water partition coefficient (Wildman–Crippen LogP) is 4.63. The number of nitrogens with one attached hydrogen (secondary N) is 2. The Kier molecular flexibility index (Phi) is 8.10. The Morgan fingerprint density at radius 3 is 2.45 bits per heavy atom. The highest BCUT2D eigenvalue weighted by molar-refractivity contribution is 9.10. The molecule has 0 bridgehead atoms. The second kappa shape index (κ2) is 11.2. The molecule has 0 atom stereocenters. The van der Waals surface area contributed by atoms with E-state index < -0.39 is 17.8 Å². The van der Waals surface area contributed by atoms with Crippen molar-refractivity contribution < 1.29 is 19.1 Å². The first-order valence-corrected chi connectivity index (χ1v) is 11.0. The van der Waals surface area contributed by atoms with Gasteiger partial charge in [-0.1, -0.05) is 52.7 Å². The Morgan fingerprint density at radius 1 is 1.00 bits per heavy atom. The van der Waals surface area contributed by atoms with Crippen molar-refractivity contribution in [2.45, 2.75) is 20.3 Å². The molecular formula is C25H22BrN3O4. The van der Waals surface area contributed by atoms with Crippen LogP contribution in [-0.2, 0) is 16.0 Å². The number of ether oxygens (including phenoxy) is 1. The van der Waals surface area contributed by atoms with E-state index in [0.717, 1.165) is 22.0 Å². The maximum absolute atomic E-state index is 12.5. The molecule has 2 amide bonds. The van der Waals surface area contributed by atoms with Crippen LogP contribution in [0.25, 0.3) is 0 Å². The number of aryl methyl sites for hydroxylation is 2. The summed E-state index contributed by atoms with van der Waals surface area (Å²) in [7, 11) is 0. The number of nitrogens with zero attached hydrogens (tertiary/aromatic N) is 1. The number of benzene rings is 3. The van der Waals surface area contributed by atoms with Gasteiger partial charge < -0.3 is 10.1 Å². The second-order valence-electron chi connectivity index (χ2n) is 7.14. The molecule has 3 aromatic rings. The molecule has 0 saturated heterocycles. The largest absolute Gasteiger partial charge is 0.422 e. The van der Waals surface area contributed by atoms with Gasteiger partial charge in [-0.2, -0.15) is 5.10 Å². The molecule has 0 unspecified atom stereocenters. The Bertz CT molecular complexity index is 1210. The number of anilines is 1. The SMILES string of the molecule is CCc1ccc(NC(=O)C(=O)N/N=C\c2cc(Br)ccc2OC(=O)c2cccc(C)c2)cc1. The van der Waals surface area contributed by atoms with Crippen LogP contribution in [0.2, 0.25) is 0 Å². The minimum atomic E-state index is -0.931. The van der Waals surface area contributed by atoms with Crippen LogP contribution in [0.1, 0.15) is 34.0 Å². The van der Waals surface area contributed by atoms with E-state index in [9.17, 15) is 14.4 Å². The molecule has 0 radical (unpaired) electrons. The van der Waals surface area contributed by atoms with Crippen LogP contribution in [0.15, 0.2) is 76.3 Å². The number of carbonyl (C=O) groups is 3. The lowest BCUT2D eigenvalue weighted by Crippen LogP contribution is -2.32. The van der Waals surface area contributed by atoms with E-state index in [1.807, 2.05) is 32.0 Å². The summed E-state index contributed by atoms with van der Waals surface area (Å²) in [5.74, 6) is -2.05. The fourth-order valence-corrected chi connectivity index (χ4v) is 3.25. The maximum atomic E-state index is 12.5. The number of esters is 1. The molecule has 0 fully saturated rings. The van der Waals surface area contributed by atoms with Crippen LogP contribution < -0.4 is 15.5 Å². The Hall–Kier alpha value is -3.78. The van der Waals surface area contributed by atoms with Gasteiger partial charge in [0.1, 0.15) is 5.75 Å². The Balaban J connectivity index is 1.65. The van der Waals surface area contributed by atoms with Gasteiger partial charge in [-0.25, -0.2) is 10.2 Å². The highest BCUT2D eigenvalue weighted by Gasteiger charge is 2.14. The molecule has 0 aliphatic rings. The van der Waals surface area contributed by atoms with Gasteiger partial charge in [-0.05, 0) is 61.4 Å². The fourth-order valence-electron chi connectivity index (χ4n) is 2.87. The van der Waals surface area contributed by atoms with Crippen LogP contribution in [-0.4, -0.2) is 24.0 Å². The second-order valence-corrected chi connectivity index (χ2v) is 8.06. The third-order valence-electron chi connectivity index (χ3n) is 4.62. The summed E-state index contributed by atoms with van der Waals surface area (Å²) < 4.78 is 6.22. The Morgan fingerprint density at radius 2 is 1.76 bits per heavy atom. The van der Waals surface area contributed by atoms with Gasteiger partial charge in [-0.15, -0.1) is 0 Å². The summed E-state index contributed by atoms with van der Waals surface area (Å²) in [6.45, 7) is 3.91. The number of amides is 2. The molecule has 168 valence electrons. The zero-order valence-electron chi connectivity index (χ0n) is 18.1. The minimum absolute atomic E-state index is 0.253. The first-order valence-electron chi connectivity index (χ1n) is 10.2. The van der Waals surface area contributed by atoms with Crippen LogP contribution in [0, 0.1) is 6.92 Å². The van der Waals surface area contributed by atoms with E-state index in [1.165, 1.54) is 6.21 Å². The van der Waals surface area contributed by atoms with Crippen molar-refractivity contribution in [1.82, 2.24) is 5.43 Å². The van der Waals surface area contributed by atoms with Gasteiger partial charge in [0, 0.05) is 15.7 Å². The molecule has 0 saturated carbocycles. The van der Waals surface area contributed by atoms with Crippen molar-refractivity contribution in [3.8, 4) is 5.75 Å². The third-order valence-corrected chi connectivity index (χ3v) is 5.12. The van der Waals surface area contributed by atoms with Crippen molar-refractivity contribution >= 4 is 45.6 Å². The molecule has 0 aliphatic carbocycles. The number of carbonyl (C=O) groups excluding carboxylic acids is 3. The summed E-state index contributed by atoms with van der Waals surface area (Å²) in [6, 6.07) is 19.2. The molecule has 0 heterocycles. The summed E-state index contributed by atoms with van der Waals surface area (Å²) >= 11 is 3.35. The molecule has 0 aromatic heterocycles. The molecule has 8 heteroatoms. The van der Waals surface area contributed by atoms with E-state index >= 15 is 0 Å². The average Bonchev–Trinajstić information content (AvgIpc) is 2.81. The lowest BCUT2D eigenvalue weighted by Gasteiger charge is -2.08. The van der Waals surface area contributed by atoms with Crippen molar-refractivity contribution in [2.24, 2.45) is 5.10 Å². The van der Waals surface area contributed by atoms with Crippen LogP contribution in [0.4, 0.5) is 5.69 Å². The van der Waals surface area contributed by atoms with E-state index in [-0.39, 0.29) is 5.75 Å². The van der Waals surface area contributed by atoms with E-state index in [1.54, 1.807) is 48.5 Å². The van der Waals surface area contributed by atoms with E-state index in [4.69, 9.17) is 4.74 Å². The lowest BCUT2D eigenvalue weighted by molar-refractivity contribution is -0.136. The fraction of sp³-hybridized carbons (Fsp3) is 0.120.